The van der Waals surface area contributed by atoms with Crippen LogP contribution in [-0.2, 0) is 0 Å². The van der Waals surface area contributed by atoms with Crippen molar-refractivity contribution in [3.05, 3.63) is 22.2 Å². The highest BCUT2D eigenvalue weighted by atomic mass is 16.5. The van der Waals surface area contributed by atoms with Gasteiger partial charge in [0.15, 0.2) is 0 Å². The van der Waals surface area contributed by atoms with Crippen molar-refractivity contribution in [1.29, 1.82) is 0 Å². The zero-order chi connectivity index (χ0) is 12.3. The molecule has 0 spiro atoms. The summed E-state index contributed by atoms with van der Waals surface area (Å²) >= 11 is 0. The van der Waals surface area contributed by atoms with Crippen LogP contribution in [-0.4, -0.2) is 16.1 Å². The average molecular weight is 236 g/mol. The molecule has 1 heterocycles. The number of H-pyrrole nitrogens is 1. The summed E-state index contributed by atoms with van der Waals surface area (Å²) in [6, 6.07) is 1.43. The van der Waals surface area contributed by atoms with E-state index in [1.807, 2.05) is 0 Å². The average Bonchev–Trinajstić information content (AvgIpc) is 2.28. The number of hydrogen-bond donors (Lipinski definition) is 1. The molecule has 0 aliphatic heterocycles. The summed E-state index contributed by atoms with van der Waals surface area (Å²) in [6.45, 7) is 3.99. The third kappa shape index (κ3) is 3.32. The van der Waals surface area contributed by atoms with Crippen molar-refractivity contribution in [3.8, 4) is 5.88 Å². The Morgan fingerprint density at radius 3 is 3.06 bits per heavy atom. The second-order valence-corrected chi connectivity index (χ2v) is 4.85. The van der Waals surface area contributed by atoms with Gasteiger partial charge in [-0.2, -0.15) is 0 Å². The highest BCUT2D eigenvalue weighted by Crippen LogP contribution is 2.28. The van der Waals surface area contributed by atoms with Crippen LogP contribution in [0.3, 0.4) is 0 Å². The molecule has 94 valence electrons. The molecular weight excluding hydrogens is 216 g/mol. The first-order valence-corrected chi connectivity index (χ1v) is 6.42. The molecule has 1 aromatic heterocycles. The summed E-state index contributed by atoms with van der Waals surface area (Å²) in [4.78, 5) is 18.1. The van der Waals surface area contributed by atoms with Gasteiger partial charge in [0.2, 0.25) is 5.88 Å². The van der Waals surface area contributed by atoms with Gasteiger partial charge in [0.05, 0.1) is 6.07 Å². The molecule has 1 aliphatic rings. The van der Waals surface area contributed by atoms with E-state index in [-0.39, 0.29) is 11.7 Å². The van der Waals surface area contributed by atoms with E-state index in [0.29, 0.717) is 11.7 Å². The fraction of sp³-hybridized carbons (Fsp3) is 0.692. The van der Waals surface area contributed by atoms with Gasteiger partial charge in [-0.1, -0.05) is 19.8 Å². The van der Waals surface area contributed by atoms with Crippen LogP contribution in [0, 0.1) is 12.8 Å². The Bertz CT molecular complexity index is 428. The van der Waals surface area contributed by atoms with Crippen LogP contribution in [0.5, 0.6) is 5.88 Å². The van der Waals surface area contributed by atoms with Crippen LogP contribution in [0.25, 0.3) is 0 Å². The van der Waals surface area contributed by atoms with E-state index < -0.39 is 0 Å². The molecule has 2 atom stereocenters. The number of hydrogen-bond acceptors (Lipinski definition) is 3. The van der Waals surface area contributed by atoms with Gasteiger partial charge in [0.25, 0.3) is 5.56 Å². The Kier molecular flexibility index (Phi) is 3.82. The lowest BCUT2D eigenvalue weighted by Crippen LogP contribution is -2.26. The van der Waals surface area contributed by atoms with Crippen LogP contribution in [0.15, 0.2) is 10.9 Å². The summed E-state index contributed by atoms with van der Waals surface area (Å²) in [7, 11) is 0. The summed E-state index contributed by atoms with van der Waals surface area (Å²) in [5, 5.41) is 0. The van der Waals surface area contributed by atoms with Crippen LogP contribution in [0.1, 0.15) is 44.9 Å². The maximum atomic E-state index is 11.3. The topological polar surface area (TPSA) is 55.0 Å². The van der Waals surface area contributed by atoms with E-state index in [1.54, 1.807) is 6.92 Å². The molecule has 0 amide bonds. The smallest absolute Gasteiger partial charge is 0.254 e. The third-order valence-electron chi connectivity index (χ3n) is 3.44. The molecule has 1 aromatic rings. The third-order valence-corrected chi connectivity index (χ3v) is 3.44. The molecule has 2 rings (SSSR count). The van der Waals surface area contributed by atoms with E-state index in [4.69, 9.17) is 4.74 Å². The molecule has 1 aliphatic carbocycles. The normalized spacial score (nSPS) is 24.6. The lowest BCUT2D eigenvalue weighted by molar-refractivity contribution is 0.116. The van der Waals surface area contributed by atoms with E-state index in [1.165, 1.54) is 25.3 Å². The SMILES string of the molecule is CCC1CCCC(Oc2cc(=O)[nH]c(C)n2)C1. The minimum Gasteiger partial charge on any atom is -0.474 e. The Labute approximate surface area is 101 Å². The van der Waals surface area contributed by atoms with Crippen LogP contribution in [0.4, 0.5) is 0 Å². The van der Waals surface area contributed by atoms with Crippen LogP contribution < -0.4 is 10.3 Å². The van der Waals surface area contributed by atoms with Crippen molar-refractivity contribution in [3.63, 3.8) is 0 Å². The minimum atomic E-state index is -0.143. The fourth-order valence-corrected chi connectivity index (χ4v) is 2.50. The summed E-state index contributed by atoms with van der Waals surface area (Å²) in [5.74, 6) is 1.83. The number of aromatic amines is 1. The second kappa shape index (κ2) is 5.34. The summed E-state index contributed by atoms with van der Waals surface area (Å²) in [6.07, 6.45) is 6.11. The Morgan fingerprint density at radius 2 is 2.35 bits per heavy atom. The zero-order valence-electron chi connectivity index (χ0n) is 10.5. The molecule has 0 aromatic carbocycles. The van der Waals surface area contributed by atoms with Crippen LogP contribution >= 0.6 is 0 Å². The maximum absolute atomic E-state index is 11.3. The molecule has 4 nitrogen and oxygen atoms in total. The van der Waals surface area contributed by atoms with E-state index in [2.05, 4.69) is 16.9 Å². The lowest BCUT2D eigenvalue weighted by atomic mass is 9.85. The van der Waals surface area contributed by atoms with Crippen molar-refractivity contribution in [1.82, 2.24) is 9.97 Å². The highest BCUT2D eigenvalue weighted by Gasteiger charge is 2.22. The second-order valence-electron chi connectivity index (χ2n) is 4.85. The lowest BCUT2D eigenvalue weighted by Gasteiger charge is -2.28. The first-order valence-electron chi connectivity index (χ1n) is 6.42. The number of nitrogens with one attached hydrogen (secondary N) is 1. The molecule has 1 fully saturated rings. The molecule has 17 heavy (non-hydrogen) atoms. The predicted molar refractivity (Wildman–Crippen MR) is 66.3 cm³/mol. The molecule has 2 unspecified atom stereocenters. The van der Waals surface area contributed by atoms with Gasteiger partial charge in [-0.05, 0) is 32.1 Å². The van der Waals surface area contributed by atoms with E-state index >= 15 is 0 Å². The van der Waals surface area contributed by atoms with Gasteiger partial charge in [-0.15, -0.1) is 0 Å². The van der Waals surface area contributed by atoms with Gasteiger partial charge < -0.3 is 9.72 Å². The summed E-state index contributed by atoms with van der Waals surface area (Å²) < 4.78 is 5.82. The number of nitrogens with zero attached hydrogens (tertiary/aromatic N) is 1. The minimum absolute atomic E-state index is 0.143. The fourth-order valence-electron chi connectivity index (χ4n) is 2.50. The quantitative estimate of drug-likeness (QED) is 0.877. The maximum Gasteiger partial charge on any atom is 0.254 e. The highest BCUT2D eigenvalue weighted by molar-refractivity contribution is 5.08. The van der Waals surface area contributed by atoms with E-state index in [9.17, 15) is 4.79 Å². The standard InChI is InChI=1S/C13H20N2O2/c1-3-10-5-4-6-11(7-10)17-13-8-12(16)14-9(2)15-13/h8,10-11H,3-7H2,1-2H3,(H,14,15,16). The first kappa shape index (κ1) is 12.1. The van der Waals surface area contributed by atoms with Gasteiger partial charge >= 0.3 is 0 Å². The van der Waals surface area contributed by atoms with Gasteiger partial charge in [0.1, 0.15) is 11.9 Å². The largest absolute Gasteiger partial charge is 0.474 e. The molecule has 0 radical (unpaired) electrons. The Morgan fingerprint density at radius 1 is 1.53 bits per heavy atom. The Balaban J connectivity index is 2.02. The van der Waals surface area contributed by atoms with Crippen molar-refractivity contribution in [2.45, 2.75) is 52.1 Å². The van der Waals surface area contributed by atoms with Crippen molar-refractivity contribution in [2.24, 2.45) is 5.92 Å². The summed E-state index contributed by atoms with van der Waals surface area (Å²) in [5.41, 5.74) is -0.143. The number of ether oxygens (including phenoxy) is 1. The molecule has 0 bridgehead atoms. The molecule has 1 N–H and O–H groups in total. The molecule has 4 heteroatoms. The number of rotatable bonds is 3. The molecule has 1 saturated carbocycles. The van der Waals surface area contributed by atoms with Gasteiger partial charge in [-0.25, -0.2) is 4.98 Å². The van der Waals surface area contributed by atoms with Crippen molar-refractivity contribution >= 4 is 0 Å². The van der Waals surface area contributed by atoms with Crippen molar-refractivity contribution in [2.75, 3.05) is 0 Å². The monoisotopic (exact) mass is 236 g/mol. The number of aromatic nitrogens is 2. The van der Waals surface area contributed by atoms with Gasteiger partial charge in [-0.3, -0.25) is 4.79 Å². The Hall–Kier alpha value is -1.32. The van der Waals surface area contributed by atoms with E-state index in [0.717, 1.165) is 18.8 Å². The molecular formula is C13H20N2O2. The predicted octanol–water partition coefficient (Wildman–Crippen LogP) is 2.43. The molecule has 0 saturated heterocycles. The van der Waals surface area contributed by atoms with Crippen LogP contribution in [0.2, 0.25) is 0 Å². The zero-order valence-corrected chi connectivity index (χ0v) is 10.5. The van der Waals surface area contributed by atoms with Crippen molar-refractivity contribution < 1.29 is 4.74 Å². The first-order chi connectivity index (χ1) is 8.17. The number of aryl methyl sites for hydroxylation is 1. The van der Waals surface area contributed by atoms with Gasteiger partial charge in [0, 0.05) is 0 Å².